The van der Waals surface area contributed by atoms with E-state index in [1.165, 1.54) is 4.90 Å². The van der Waals surface area contributed by atoms with E-state index >= 15 is 0 Å². The Bertz CT molecular complexity index is 1100. The number of nitrogens with one attached hydrogen (secondary N) is 2. The number of hydrogen-bond acceptors (Lipinski definition) is 4. The Hall–Kier alpha value is -3.94. The molecule has 2 aliphatic rings. The summed E-state index contributed by atoms with van der Waals surface area (Å²) in [4.78, 5) is 50.4. The number of hydrogen-bond donors (Lipinski definition) is 3. The van der Waals surface area contributed by atoms with Gasteiger partial charge in [0.1, 0.15) is 6.04 Å². The summed E-state index contributed by atoms with van der Waals surface area (Å²) in [7, 11) is 0. The third kappa shape index (κ3) is 4.54. The van der Waals surface area contributed by atoms with Crippen LogP contribution in [-0.2, 0) is 14.4 Å². The van der Waals surface area contributed by atoms with Crippen molar-refractivity contribution in [1.29, 1.82) is 0 Å². The number of aliphatic carboxylic acids is 1. The number of nitrogens with zero attached hydrogens (tertiary/aromatic N) is 1. The minimum Gasteiger partial charge on any atom is -0.481 e. The number of amides is 3. The SMILES string of the molecule is O=C(O)CCC(=O)N[C@H]1CCN2C(=O)c3cc(/C=C/c4ccccc4)ccc3NC(=O)[C@H]12. The van der Waals surface area contributed by atoms with Gasteiger partial charge in [0.15, 0.2) is 0 Å². The molecule has 32 heavy (non-hydrogen) atoms. The summed E-state index contributed by atoms with van der Waals surface area (Å²) in [5, 5.41) is 14.3. The summed E-state index contributed by atoms with van der Waals surface area (Å²) in [5.74, 6) is -2.16. The summed E-state index contributed by atoms with van der Waals surface area (Å²) >= 11 is 0. The lowest BCUT2D eigenvalue weighted by atomic mass is 10.1. The first-order valence-electron chi connectivity index (χ1n) is 10.4. The molecule has 2 aromatic carbocycles. The minimum atomic E-state index is -1.07. The van der Waals surface area contributed by atoms with Crippen LogP contribution in [0, 0.1) is 0 Å². The maximum absolute atomic E-state index is 13.3. The third-order valence-electron chi connectivity index (χ3n) is 5.64. The molecule has 0 saturated carbocycles. The number of fused-ring (bicyclic) bond motifs is 2. The molecule has 1 saturated heterocycles. The highest BCUT2D eigenvalue weighted by molar-refractivity contribution is 6.11. The van der Waals surface area contributed by atoms with Crippen LogP contribution < -0.4 is 10.6 Å². The van der Waals surface area contributed by atoms with Crippen LogP contribution in [0.1, 0.15) is 40.7 Å². The van der Waals surface area contributed by atoms with Gasteiger partial charge >= 0.3 is 5.97 Å². The van der Waals surface area contributed by atoms with Crippen LogP contribution in [0.15, 0.2) is 48.5 Å². The predicted molar refractivity (Wildman–Crippen MR) is 119 cm³/mol. The molecule has 8 heteroatoms. The van der Waals surface area contributed by atoms with E-state index in [-0.39, 0.29) is 24.7 Å². The Morgan fingerprint density at radius 1 is 1.06 bits per heavy atom. The summed E-state index contributed by atoms with van der Waals surface area (Å²) in [6, 6.07) is 13.7. The van der Waals surface area contributed by atoms with E-state index in [4.69, 9.17) is 5.11 Å². The van der Waals surface area contributed by atoms with Gasteiger partial charge in [-0.25, -0.2) is 0 Å². The van der Waals surface area contributed by atoms with Gasteiger partial charge in [-0.1, -0.05) is 48.6 Å². The fourth-order valence-corrected chi connectivity index (χ4v) is 4.06. The zero-order chi connectivity index (χ0) is 22.7. The lowest BCUT2D eigenvalue weighted by Crippen LogP contribution is -2.51. The number of anilines is 1. The lowest BCUT2D eigenvalue weighted by molar-refractivity contribution is -0.139. The van der Waals surface area contributed by atoms with E-state index in [9.17, 15) is 19.2 Å². The van der Waals surface area contributed by atoms with Crippen LogP contribution in [0.25, 0.3) is 12.2 Å². The second-order valence-corrected chi connectivity index (χ2v) is 7.84. The highest BCUT2D eigenvalue weighted by Gasteiger charge is 2.45. The number of rotatable bonds is 6. The van der Waals surface area contributed by atoms with Crippen molar-refractivity contribution in [2.75, 3.05) is 11.9 Å². The topological polar surface area (TPSA) is 116 Å². The quantitative estimate of drug-likeness (QED) is 0.605. The molecule has 0 radical (unpaired) electrons. The Morgan fingerprint density at radius 3 is 2.56 bits per heavy atom. The molecule has 164 valence electrons. The first-order chi connectivity index (χ1) is 15.4. The van der Waals surface area contributed by atoms with Crippen molar-refractivity contribution in [3.8, 4) is 0 Å². The van der Waals surface area contributed by atoms with Crippen molar-refractivity contribution in [2.45, 2.75) is 31.3 Å². The highest BCUT2D eigenvalue weighted by atomic mass is 16.4. The van der Waals surface area contributed by atoms with Crippen LogP contribution in [0.4, 0.5) is 5.69 Å². The van der Waals surface area contributed by atoms with Gasteiger partial charge in [0, 0.05) is 13.0 Å². The summed E-state index contributed by atoms with van der Waals surface area (Å²) in [6.07, 6.45) is 3.81. The lowest BCUT2D eigenvalue weighted by Gasteiger charge is -2.24. The summed E-state index contributed by atoms with van der Waals surface area (Å²) < 4.78 is 0. The maximum atomic E-state index is 13.3. The molecular formula is C24H23N3O5. The van der Waals surface area contributed by atoms with Gasteiger partial charge in [-0.2, -0.15) is 0 Å². The van der Waals surface area contributed by atoms with Gasteiger partial charge in [0.05, 0.1) is 23.7 Å². The molecule has 0 aliphatic carbocycles. The van der Waals surface area contributed by atoms with E-state index < -0.39 is 24.0 Å². The molecule has 1 fully saturated rings. The van der Waals surface area contributed by atoms with Crippen molar-refractivity contribution in [2.24, 2.45) is 0 Å². The Balaban J connectivity index is 1.53. The molecular weight excluding hydrogens is 410 g/mol. The molecule has 8 nitrogen and oxygen atoms in total. The Kier molecular flexibility index (Phi) is 6.02. The normalized spacial score (nSPS) is 19.8. The van der Waals surface area contributed by atoms with Crippen LogP contribution >= 0.6 is 0 Å². The zero-order valence-corrected chi connectivity index (χ0v) is 17.3. The minimum absolute atomic E-state index is 0.175. The van der Waals surface area contributed by atoms with Crippen molar-refractivity contribution in [1.82, 2.24) is 10.2 Å². The van der Waals surface area contributed by atoms with Crippen LogP contribution in [-0.4, -0.2) is 52.3 Å². The van der Waals surface area contributed by atoms with Crippen molar-refractivity contribution < 1.29 is 24.3 Å². The standard InChI is InChI=1S/C24H23N3O5/c28-20(10-11-21(29)30)25-19-12-13-27-22(19)23(31)26-18-9-8-16(14-17(18)24(27)32)7-6-15-4-2-1-3-5-15/h1-9,14,19,22H,10-13H2,(H,25,28)(H,26,31)(H,29,30)/b7-6+/t19-,22-/m0/s1. The molecule has 2 atom stereocenters. The van der Waals surface area contributed by atoms with Crippen molar-refractivity contribution in [3.05, 3.63) is 65.2 Å². The molecule has 0 spiro atoms. The Labute approximate surface area is 184 Å². The molecule has 2 aromatic rings. The molecule has 0 aromatic heterocycles. The van der Waals surface area contributed by atoms with Gasteiger partial charge in [-0.15, -0.1) is 0 Å². The molecule has 3 amide bonds. The fraction of sp³-hybridized carbons (Fsp3) is 0.250. The number of carboxylic acids is 1. The average Bonchev–Trinajstić information content (AvgIpc) is 3.16. The van der Waals surface area contributed by atoms with E-state index in [2.05, 4.69) is 10.6 Å². The van der Waals surface area contributed by atoms with Gasteiger partial charge in [0.25, 0.3) is 5.91 Å². The van der Waals surface area contributed by atoms with Crippen molar-refractivity contribution in [3.63, 3.8) is 0 Å². The van der Waals surface area contributed by atoms with Gasteiger partial charge < -0.3 is 20.6 Å². The van der Waals surface area contributed by atoms with Crippen LogP contribution in [0.2, 0.25) is 0 Å². The third-order valence-corrected chi connectivity index (χ3v) is 5.64. The second-order valence-electron chi connectivity index (χ2n) is 7.84. The number of carbonyl (C=O) groups excluding carboxylic acids is 3. The summed E-state index contributed by atoms with van der Waals surface area (Å²) in [6.45, 7) is 0.324. The molecule has 2 heterocycles. The molecule has 0 bridgehead atoms. The van der Waals surface area contributed by atoms with Gasteiger partial charge in [-0.3, -0.25) is 19.2 Å². The van der Waals surface area contributed by atoms with Gasteiger partial charge in [-0.05, 0) is 29.7 Å². The number of benzene rings is 2. The largest absolute Gasteiger partial charge is 0.481 e. The predicted octanol–water partition coefficient (Wildman–Crippen LogP) is 2.37. The number of carboxylic acid groups (broad SMARTS) is 1. The second kappa shape index (κ2) is 9.05. The average molecular weight is 433 g/mol. The van der Waals surface area contributed by atoms with Crippen LogP contribution in [0.3, 0.4) is 0 Å². The monoisotopic (exact) mass is 433 g/mol. The molecule has 2 aliphatic heterocycles. The van der Waals surface area contributed by atoms with E-state index in [1.54, 1.807) is 12.1 Å². The molecule has 4 rings (SSSR count). The first kappa shape index (κ1) is 21.3. The van der Waals surface area contributed by atoms with Gasteiger partial charge in [0.2, 0.25) is 11.8 Å². The van der Waals surface area contributed by atoms with Crippen molar-refractivity contribution >= 4 is 41.5 Å². The highest BCUT2D eigenvalue weighted by Crippen LogP contribution is 2.30. The van der Waals surface area contributed by atoms with E-state index in [0.29, 0.717) is 24.2 Å². The van der Waals surface area contributed by atoms with Crippen LogP contribution in [0.5, 0.6) is 0 Å². The maximum Gasteiger partial charge on any atom is 0.303 e. The van der Waals surface area contributed by atoms with E-state index in [0.717, 1.165) is 11.1 Å². The Morgan fingerprint density at radius 2 is 1.81 bits per heavy atom. The smallest absolute Gasteiger partial charge is 0.303 e. The first-order valence-corrected chi connectivity index (χ1v) is 10.4. The number of carbonyl (C=O) groups is 4. The van der Waals surface area contributed by atoms with E-state index in [1.807, 2.05) is 48.6 Å². The zero-order valence-electron chi connectivity index (χ0n) is 17.3. The summed E-state index contributed by atoms with van der Waals surface area (Å²) in [5.41, 5.74) is 2.69. The molecule has 3 N–H and O–H groups in total. The molecule has 0 unspecified atom stereocenters. The fourth-order valence-electron chi connectivity index (χ4n) is 4.06.